The summed E-state index contributed by atoms with van der Waals surface area (Å²) in [6.45, 7) is 3.34. The molecule has 126 valence electrons. The second-order valence-electron chi connectivity index (χ2n) is 5.39. The third kappa shape index (κ3) is 4.07. The van der Waals surface area contributed by atoms with Gasteiger partial charge in [0.15, 0.2) is 5.13 Å². The Labute approximate surface area is 149 Å². The minimum atomic E-state index is -0.249. The number of hydrogen-bond acceptors (Lipinski definition) is 5. The Bertz CT molecular complexity index is 905. The van der Waals surface area contributed by atoms with E-state index in [2.05, 4.69) is 20.6 Å². The van der Waals surface area contributed by atoms with E-state index in [0.717, 1.165) is 16.1 Å². The van der Waals surface area contributed by atoms with Crippen LogP contribution in [0.3, 0.4) is 0 Å². The lowest BCUT2D eigenvalue weighted by atomic mass is 10.2. The number of thiazole rings is 1. The third-order valence-electron chi connectivity index (χ3n) is 3.41. The van der Waals surface area contributed by atoms with Gasteiger partial charge in [0.1, 0.15) is 0 Å². The number of nitrogens with zero attached hydrogens (tertiary/aromatic N) is 2. The second-order valence-corrected chi connectivity index (χ2v) is 6.39. The van der Waals surface area contributed by atoms with Gasteiger partial charge in [0, 0.05) is 36.1 Å². The molecule has 0 aliphatic rings. The summed E-state index contributed by atoms with van der Waals surface area (Å²) in [5.41, 5.74) is 2.95. The zero-order valence-electron chi connectivity index (χ0n) is 13.7. The number of rotatable bonds is 4. The van der Waals surface area contributed by atoms with Crippen molar-refractivity contribution in [3.05, 3.63) is 60.0 Å². The van der Waals surface area contributed by atoms with Crippen molar-refractivity contribution in [2.24, 2.45) is 0 Å². The van der Waals surface area contributed by atoms with Crippen LogP contribution < -0.4 is 10.6 Å². The molecule has 7 heteroatoms. The predicted octanol–water partition coefficient (Wildman–Crippen LogP) is 3.72. The van der Waals surface area contributed by atoms with Gasteiger partial charge in [0.2, 0.25) is 5.91 Å². The van der Waals surface area contributed by atoms with E-state index in [9.17, 15) is 9.59 Å². The quantitative estimate of drug-likeness (QED) is 0.749. The zero-order valence-corrected chi connectivity index (χ0v) is 14.6. The number of pyridine rings is 1. The van der Waals surface area contributed by atoms with E-state index in [0.29, 0.717) is 16.4 Å². The highest BCUT2D eigenvalue weighted by molar-refractivity contribution is 7.19. The van der Waals surface area contributed by atoms with Crippen LogP contribution in [-0.4, -0.2) is 21.8 Å². The molecule has 2 N–H and O–H groups in total. The van der Waals surface area contributed by atoms with Crippen molar-refractivity contribution >= 4 is 34.0 Å². The van der Waals surface area contributed by atoms with E-state index >= 15 is 0 Å². The normalized spacial score (nSPS) is 10.3. The number of amides is 2. The fraction of sp³-hybridized carbons (Fsp3) is 0.111. The van der Waals surface area contributed by atoms with E-state index < -0.39 is 0 Å². The van der Waals surface area contributed by atoms with Crippen molar-refractivity contribution in [3.8, 4) is 10.4 Å². The standard InChI is InChI=1S/C18H16N4O2S/c1-11-16(14-4-3-9-19-10-14)25-18(20-11)22-17(24)13-5-7-15(8-6-13)21-12(2)23/h3-10H,1-2H3,(H,21,23)(H,20,22,24). The molecule has 0 saturated carbocycles. The maximum atomic E-state index is 12.4. The van der Waals surface area contributed by atoms with Gasteiger partial charge in [-0.15, -0.1) is 0 Å². The zero-order chi connectivity index (χ0) is 17.8. The minimum Gasteiger partial charge on any atom is -0.326 e. The first-order valence-electron chi connectivity index (χ1n) is 7.60. The molecule has 2 amide bonds. The van der Waals surface area contributed by atoms with Crippen LogP contribution in [0.15, 0.2) is 48.8 Å². The summed E-state index contributed by atoms with van der Waals surface area (Å²) in [4.78, 5) is 32.9. The Balaban J connectivity index is 1.74. The van der Waals surface area contributed by atoms with Crippen LogP contribution in [0.2, 0.25) is 0 Å². The van der Waals surface area contributed by atoms with Crippen molar-refractivity contribution in [2.75, 3.05) is 10.6 Å². The average molecular weight is 352 g/mol. The number of anilines is 2. The van der Waals surface area contributed by atoms with Crippen molar-refractivity contribution in [1.82, 2.24) is 9.97 Å². The molecule has 0 saturated heterocycles. The highest BCUT2D eigenvalue weighted by Gasteiger charge is 2.13. The number of aromatic nitrogens is 2. The molecule has 0 aliphatic carbocycles. The summed E-state index contributed by atoms with van der Waals surface area (Å²) in [6.07, 6.45) is 3.49. The first kappa shape index (κ1) is 16.8. The number of aryl methyl sites for hydroxylation is 1. The first-order chi connectivity index (χ1) is 12.0. The average Bonchev–Trinajstić information content (AvgIpc) is 2.96. The fourth-order valence-electron chi connectivity index (χ4n) is 2.29. The Morgan fingerprint density at radius 1 is 1.08 bits per heavy atom. The van der Waals surface area contributed by atoms with Crippen molar-refractivity contribution in [1.29, 1.82) is 0 Å². The van der Waals surface area contributed by atoms with Gasteiger partial charge in [-0.3, -0.25) is 19.9 Å². The predicted molar refractivity (Wildman–Crippen MR) is 98.8 cm³/mol. The van der Waals surface area contributed by atoms with Crippen LogP contribution in [0, 0.1) is 6.92 Å². The molecule has 0 radical (unpaired) electrons. The largest absolute Gasteiger partial charge is 0.326 e. The lowest BCUT2D eigenvalue weighted by molar-refractivity contribution is -0.114. The van der Waals surface area contributed by atoms with Crippen LogP contribution in [0.1, 0.15) is 23.0 Å². The molecule has 0 aliphatic heterocycles. The van der Waals surface area contributed by atoms with Gasteiger partial charge in [0.05, 0.1) is 10.6 Å². The molecular weight excluding hydrogens is 336 g/mol. The summed E-state index contributed by atoms with van der Waals surface area (Å²) in [5.74, 6) is -0.403. The van der Waals surface area contributed by atoms with Gasteiger partial charge in [-0.2, -0.15) is 0 Å². The molecule has 0 spiro atoms. The maximum absolute atomic E-state index is 12.4. The maximum Gasteiger partial charge on any atom is 0.257 e. The Morgan fingerprint density at radius 3 is 2.48 bits per heavy atom. The van der Waals surface area contributed by atoms with E-state index in [1.54, 1.807) is 36.7 Å². The molecule has 2 aromatic heterocycles. The van der Waals surface area contributed by atoms with Crippen LogP contribution in [0.25, 0.3) is 10.4 Å². The smallest absolute Gasteiger partial charge is 0.257 e. The number of nitrogens with one attached hydrogen (secondary N) is 2. The summed E-state index contributed by atoms with van der Waals surface area (Å²) in [7, 11) is 0. The van der Waals surface area contributed by atoms with E-state index in [1.165, 1.54) is 18.3 Å². The molecule has 0 unspecified atom stereocenters. The van der Waals surface area contributed by atoms with Crippen LogP contribution in [-0.2, 0) is 4.79 Å². The summed E-state index contributed by atoms with van der Waals surface area (Å²) >= 11 is 1.41. The SMILES string of the molecule is CC(=O)Nc1ccc(C(=O)Nc2nc(C)c(-c3cccnc3)s2)cc1. The Hall–Kier alpha value is -3.06. The fourth-order valence-corrected chi connectivity index (χ4v) is 3.24. The summed E-state index contributed by atoms with van der Waals surface area (Å²) < 4.78 is 0. The molecule has 0 fully saturated rings. The molecule has 3 aromatic rings. The van der Waals surface area contributed by atoms with Gasteiger partial charge in [-0.25, -0.2) is 4.98 Å². The molecule has 0 atom stereocenters. The van der Waals surface area contributed by atoms with Gasteiger partial charge >= 0.3 is 0 Å². The summed E-state index contributed by atoms with van der Waals surface area (Å²) in [5, 5.41) is 6.01. The second kappa shape index (κ2) is 7.23. The van der Waals surface area contributed by atoms with Crippen molar-refractivity contribution in [3.63, 3.8) is 0 Å². The van der Waals surface area contributed by atoms with Crippen LogP contribution in [0.4, 0.5) is 10.8 Å². The van der Waals surface area contributed by atoms with Gasteiger partial charge in [-0.05, 0) is 37.3 Å². The summed E-state index contributed by atoms with van der Waals surface area (Å²) in [6, 6.07) is 10.5. The van der Waals surface area contributed by atoms with Gasteiger partial charge in [0.25, 0.3) is 5.91 Å². The molecule has 6 nitrogen and oxygen atoms in total. The molecule has 2 heterocycles. The van der Waals surface area contributed by atoms with E-state index in [4.69, 9.17) is 0 Å². The Kier molecular flexibility index (Phi) is 4.85. The number of carbonyl (C=O) groups is 2. The van der Waals surface area contributed by atoms with Gasteiger partial charge in [-0.1, -0.05) is 17.4 Å². The molecule has 25 heavy (non-hydrogen) atoms. The first-order valence-corrected chi connectivity index (χ1v) is 8.41. The number of benzene rings is 1. The molecule has 1 aromatic carbocycles. The number of hydrogen-bond donors (Lipinski definition) is 2. The molecule has 3 rings (SSSR count). The molecular formula is C18H16N4O2S. The topological polar surface area (TPSA) is 84.0 Å². The van der Waals surface area contributed by atoms with Crippen molar-refractivity contribution < 1.29 is 9.59 Å². The minimum absolute atomic E-state index is 0.154. The number of carbonyl (C=O) groups excluding carboxylic acids is 2. The van der Waals surface area contributed by atoms with Crippen LogP contribution >= 0.6 is 11.3 Å². The van der Waals surface area contributed by atoms with E-state index in [1.807, 2.05) is 19.1 Å². The Morgan fingerprint density at radius 2 is 1.84 bits per heavy atom. The van der Waals surface area contributed by atoms with E-state index in [-0.39, 0.29) is 11.8 Å². The highest BCUT2D eigenvalue weighted by Crippen LogP contribution is 2.32. The van der Waals surface area contributed by atoms with Crippen molar-refractivity contribution in [2.45, 2.75) is 13.8 Å². The highest BCUT2D eigenvalue weighted by atomic mass is 32.1. The van der Waals surface area contributed by atoms with Crippen LogP contribution in [0.5, 0.6) is 0 Å². The van der Waals surface area contributed by atoms with Gasteiger partial charge < -0.3 is 5.32 Å². The third-order valence-corrected chi connectivity index (χ3v) is 4.53. The molecule has 0 bridgehead atoms. The monoisotopic (exact) mass is 352 g/mol. The lowest BCUT2D eigenvalue weighted by Gasteiger charge is -2.04. The lowest BCUT2D eigenvalue weighted by Crippen LogP contribution is -2.12.